The van der Waals surface area contributed by atoms with E-state index in [2.05, 4.69) is 25.9 Å². The van der Waals surface area contributed by atoms with E-state index in [1.54, 1.807) is 6.20 Å². The van der Waals surface area contributed by atoms with E-state index in [1.807, 2.05) is 10.9 Å². The standard InChI is InChI=1S/C11H20N2O/c1-4-7-13-9-11(8-12-13)14-10(5-2)6-3/h8-10H,4-7H2,1-3H3. The molecule has 1 heterocycles. The fourth-order valence-electron chi connectivity index (χ4n) is 1.40. The molecule has 0 saturated heterocycles. The molecule has 0 aliphatic carbocycles. The van der Waals surface area contributed by atoms with E-state index in [4.69, 9.17) is 4.74 Å². The molecule has 0 bridgehead atoms. The third kappa shape index (κ3) is 3.05. The van der Waals surface area contributed by atoms with Gasteiger partial charge in [-0.1, -0.05) is 20.8 Å². The van der Waals surface area contributed by atoms with Crippen LogP contribution in [0, 0.1) is 0 Å². The van der Waals surface area contributed by atoms with Crippen LogP contribution >= 0.6 is 0 Å². The summed E-state index contributed by atoms with van der Waals surface area (Å²) < 4.78 is 7.68. The van der Waals surface area contributed by atoms with Crippen LogP contribution < -0.4 is 4.74 Å². The summed E-state index contributed by atoms with van der Waals surface area (Å²) in [6, 6.07) is 0. The first-order chi connectivity index (χ1) is 6.80. The van der Waals surface area contributed by atoms with Gasteiger partial charge in [0.15, 0.2) is 5.75 Å². The number of ether oxygens (including phenoxy) is 1. The molecule has 0 aliphatic rings. The molecule has 0 fully saturated rings. The Hall–Kier alpha value is -0.990. The van der Waals surface area contributed by atoms with Crippen molar-refractivity contribution in [2.75, 3.05) is 0 Å². The van der Waals surface area contributed by atoms with Gasteiger partial charge in [-0.3, -0.25) is 4.68 Å². The number of nitrogens with zero attached hydrogens (tertiary/aromatic N) is 2. The first-order valence-electron chi connectivity index (χ1n) is 5.49. The molecule has 1 aromatic rings. The van der Waals surface area contributed by atoms with Crippen LogP contribution in [-0.2, 0) is 6.54 Å². The third-order valence-corrected chi connectivity index (χ3v) is 2.28. The molecule has 0 unspecified atom stereocenters. The quantitative estimate of drug-likeness (QED) is 0.699. The molecule has 3 heteroatoms. The topological polar surface area (TPSA) is 27.1 Å². The molecular formula is C11H20N2O. The van der Waals surface area contributed by atoms with Crippen LogP contribution in [0.5, 0.6) is 5.75 Å². The molecule has 0 spiro atoms. The lowest BCUT2D eigenvalue weighted by atomic mass is 10.2. The molecule has 0 saturated carbocycles. The van der Waals surface area contributed by atoms with Crippen molar-refractivity contribution in [1.82, 2.24) is 9.78 Å². The molecule has 80 valence electrons. The second-order valence-corrected chi connectivity index (χ2v) is 3.50. The van der Waals surface area contributed by atoms with Gasteiger partial charge in [0.2, 0.25) is 0 Å². The summed E-state index contributed by atoms with van der Waals surface area (Å²) in [5, 5.41) is 4.22. The predicted octanol–water partition coefficient (Wildman–Crippen LogP) is 2.86. The Labute approximate surface area is 86.1 Å². The smallest absolute Gasteiger partial charge is 0.157 e. The largest absolute Gasteiger partial charge is 0.487 e. The van der Waals surface area contributed by atoms with Crippen LogP contribution in [0.4, 0.5) is 0 Å². The lowest BCUT2D eigenvalue weighted by molar-refractivity contribution is 0.192. The molecular weight excluding hydrogens is 176 g/mol. The number of aryl methyl sites for hydroxylation is 1. The number of aromatic nitrogens is 2. The van der Waals surface area contributed by atoms with Crippen LogP contribution in [0.15, 0.2) is 12.4 Å². The van der Waals surface area contributed by atoms with Crippen molar-refractivity contribution in [3.63, 3.8) is 0 Å². The highest BCUT2D eigenvalue weighted by Crippen LogP contribution is 2.13. The fraction of sp³-hybridized carbons (Fsp3) is 0.727. The normalized spacial score (nSPS) is 10.9. The molecule has 1 aromatic heterocycles. The fourth-order valence-corrected chi connectivity index (χ4v) is 1.40. The van der Waals surface area contributed by atoms with Crippen LogP contribution in [0.2, 0.25) is 0 Å². The predicted molar refractivity (Wildman–Crippen MR) is 57.5 cm³/mol. The first-order valence-corrected chi connectivity index (χ1v) is 5.49. The van der Waals surface area contributed by atoms with Crippen molar-refractivity contribution in [3.05, 3.63) is 12.4 Å². The molecule has 0 amide bonds. The summed E-state index contributed by atoms with van der Waals surface area (Å²) in [4.78, 5) is 0. The zero-order valence-corrected chi connectivity index (χ0v) is 9.36. The maximum Gasteiger partial charge on any atom is 0.157 e. The zero-order chi connectivity index (χ0) is 10.4. The summed E-state index contributed by atoms with van der Waals surface area (Å²) in [6.45, 7) is 7.39. The van der Waals surface area contributed by atoms with Gasteiger partial charge in [-0.2, -0.15) is 5.10 Å². The second-order valence-electron chi connectivity index (χ2n) is 3.50. The zero-order valence-electron chi connectivity index (χ0n) is 9.36. The van der Waals surface area contributed by atoms with Crippen LogP contribution in [0.1, 0.15) is 40.0 Å². The van der Waals surface area contributed by atoms with E-state index in [1.165, 1.54) is 0 Å². The molecule has 0 aliphatic heterocycles. The van der Waals surface area contributed by atoms with E-state index in [9.17, 15) is 0 Å². The first kappa shape index (κ1) is 11.1. The van der Waals surface area contributed by atoms with Crippen molar-refractivity contribution >= 4 is 0 Å². The van der Waals surface area contributed by atoms with Crippen LogP contribution in [0.3, 0.4) is 0 Å². The Morgan fingerprint density at radius 3 is 2.64 bits per heavy atom. The highest BCUT2D eigenvalue weighted by Gasteiger charge is 2.06. The van der Waals surface area contributed by atoms with Gasteiger partial charge in [-0.15, -0.1) is 0 Å². The summed E-state index contributed by atoms with van der Waals surface area (Å²) in [6.07, 6.45) is 7.31. The minimum Gasteiger partial charge on any atom is -0.487 e. The van der Waals surface area contributed by atoms with Gasteiger partial charge in [-0.05, 0) is 19.3 Å². The average molecular weight is 196 g/mol. The van der Waals surface area contributed by atoms with Crippen LogP contribution in [0.25, 0.3) is 0 Å². The van der Waals surface area contributed by atoms with E-state index >= 15 is 0 Å². The Balaban J connectivity index is 2.49. The molecule has 14 heavy (non-hydrogen) atoms. The summed E-state index contributed by atoms with van der Waals surface area (Å²) in [5.74, 6) is 0.896. The molecule has 0 aromatic carbocycles. The monoisotopic (exact) mass is 196 g/mol. The van der Waals surface area contributed by atoms with Gasteiger partial charge < -0.3 is 4.74 Å². The molecule has 0 N–H and O–H groups in total. The maximum atomic E-state index is 5.76. The SMILES string of the molecule is CCCn1cc(OC(CC)CC)cn1. The third-order valence-electron chi connectivity index (χ3n) is 2.28. The van der Waals surface area contributed by atoms with Gasteiger partial charge in [0.05, 0.1) is 18.5 Å². The molecule has 0 radical (unpaired) electrons. The van der Waals surface area contributed by atoms with Crippen molar-refractivity contribution in [3.8, 4) is 5.75 Å². The summed E-state index contributed by atoms with van der Waals surface area (Å²) >= 11 is 0. The van der Waals surface area contributed by atoms with Gasteiger partial charge in [-0.25, -0.2) is 0 Å². The van der Waals surface area contributed by atoms with Gasteiger partial charge in [0.25, 0.3) is 0 Å². The minimum absolute atomic E-state index is 0.328. The Kier molecular flexibility index (Phi) is 4.50. The number of rotatable bonds is 6. The van der Waals surface area contributed by atoms with Crippen LogP contribution in [-0.4, -0.2) is 15.9 Å². The van der Waals surface area contributed by atoms with E-state index < -0.39 is 0 Å². The van der Waals surface area contributed by atoms with Crippen molar-refractivity contribution in [2.24, 2.45) is 0 Å². The minimum atomic E-state index is 0.328. The number of hydrogen-bond donors (Lipinski definition) is 0. The highest BCUT2D eigenvalue weighted by atomic mass is 16.5. The Bertz CT molecular complexity index is 254. The second kappa shape index (κ2) is 5.68. The lowest BCUT2D eigenvalue weighted by Gasteiger charge is -2.13. The lowest BCUT2D eigenvalue weighted by Crippen LogP contribution is -2.13. The maximum absolute atomic E-state index is 5.76. The van der Waals surface area contributed by atoms with E-state index in [0.29, 0.717) is 6.10 Å². The average Bonchev–Trinajstić information content (AvgIpc) is 2.63. The molecule has 0 atom stereocenters. The van der Waals surface area contributed by atoms with E-state index in [0.717, 1.165) is 31.6 Å². The van der Waals surface area contributed by atoms with E-state index in [-0.39, 0.29) is 0 Å². The highest BCUT2D eigenvalue weighted by molar-refractivity contribution is 5.12. The Morgan fingerprint density at radius 2 is 2.07 bits per heavy atom. The number of hydrogen-bond acceptors (Lipinski definition) is 2. The van der Waals surface area contributed by atoms with Gasteiger partial charge >= 0.3 is 0 Å². The Morgan fingerprint density at radius 1 is 1.36 bits per heavy atom. The summed E-state index contributed by atoms with van der Waals surface area (Å²) in [7, 11) is 0. The van der Waals surface area contributed by atoms with Crippen molar-refractivity contribution in [1.29, 1.82) is 0 Å². The van der Waals surface area contributed by atoms with Crippen molar-refractivity contribution in [2.45, 2.75) is 52.7 Å². The van der Waals surface area contributed by atoms with Crippen molar-refractivity contribution < 1.29 is 4.74 Å². The van der Waals surface area contributed by atoms with Gasteiger partial charge in [0.1, 0.15) is 0 Å². The van der Waals surface area contributed by atoms with Gasteiger partial charge in [0, 0.05) is 6.54 Å². The molecule has 1 rings (SSSR count). The summed E-state index contributed by atoms with van der Waals surface area (Å²) in [5.41, 5.74) is 0. The molecule has 3 nitrogen and oxygen atoms in total.